The van der Waals surface area contributed by atoms with E-state index in [1.54, 1.807) is 7.05 Å². The highest BCUT2D eigenvalue weighted by molar-refractivity contribution is 9.10. The van der Waals surface area contributed by atoms with Crippen molar-refractivity contribution in [3.63, 3.8) is 0 Å². The van der Waals surface area contributed by atoms with Crippen LogP contribution < -0.4 is 10.6 Å². The molecule has 0 spiro atoms. The lowest BCUT2D eigenvalue weighted by atomic mass is 10.2. The average Bonchev–Trinajstić information content (AvgIpc) is 3.36. The van der Waals surface area contributed by atoms with E-state index >= 15 is 0 Å². The zero-order valence-electron chi connectivity index (χ0n) is 15.3. The number of fused-ring (bicyclic) bond motifs is 1. The molecule has 0 radical (unpaired) electrons. The Balaban J connectivity index is 1.35. The van der Waals surface area contributed by atoms with Crippen LogP contribution in [0.2, 0.25) is 0 Å². The molecule has 7 nitrogen and oxygen atoms in total. The minimum atomic E-state index is 0.507. The molecule has 0 fully saturated rings. The Bertz CT molecular complexity index is 1100. The van der Waals surface area contributed by atoms with E-state index in [-0.39, 0.29) is 0 Å². The third-order valence-corrected chi connectivity index (χ3v) is 4.77. The average molecular weight is 439 g/mol. The first-order valence-electron chi connectivity index (χ1n) is 8.81. The van der Waals surface area contributed by atoms with Gasteiger partial charge < -0.3 is 15.1 Å². The van der Waals surface area contributed by atoms with Crippen LogP contribution in [-0.2, 0) is 13.1 Å². The van der Waals surface area contributed by atoms with Gasteiger partial charge in [-0.25, -0.2) is 0 Å². The number of hydrogen-bond donors (Lipinski definition) is 2. The summed E-state index contributed by atoms with van der Waals surface area (Å²) in [5.41, 5.74) is 1.86. The van der Waals surface area contributed by atoms with Crippen molar-refractivity contribution >= 4 is 27.5 Å². The van der Waals surface area contributed by atoms with E-state index in [1.807, 2.05) is 65.2 Å². The summed E-state index contributed by atoms with van der Waals surface area (Å²) < 4.78 is 8.91. The quantitative estimate of drug-likeness (QED) is 0.367. The number of pyridine rings is 1. The predicted molar refractivity (Wildman–Crippen MR) is 112 cm³/mol. The van der Waals surface area contributed by atoms with E-state index < -0.39 is 0 Å². The van der Waals surface area contributed by atoms with Gasteiger partial charge in [-0.15, -0.1) is 10.2 Å². The van der Waals surface area contributed by atoms with E-state index in [4.69, 9.17) is 4.42 Å². The van der Waals surface area contributed by atoms with Gasteiger partial charge in [-0.2, -0.15) is 0 Å². The second-order valence-electron chi connectivity index (χ2n) is 6.10. The van der Waals surface area contributed by atoms with Gasteiger partial charge in [0.2, 0.25) is 0 Å². The van der Waals surface area contributed by atoms with Crippen molar-refractivity contribution in [2.75, 3.05) is 7.05 Å². The number of nitrogens with one attached hydrogen (secondary N) is 2. The number of benzene rings is 1. The molecular formula is C20H19BrN6O. The lowest BCUT2D eigenvalue weighted by Crippen LogP contribution is -2.36. The number of aliphatic imine (C=N–C) groups is 1. The molecule has 0 aliphatic carbocycles. The summed E-state index contributed by atoms with van der Waals surface area (Å²) in [7, 11) is 1.73. The molecular weight excluding hydrogens is 420 g/mol. The van der Waals surface area contributed by atoms with Gasteiger partial charge >= 0.3 is 0 Å². The van der Waals surface area contributed by atoms with Gasteiger partial charge in [-0.05, 0) is 36.4 Å². The Morgan fingerprint density at radius 3 is 2.68 bits per heavy atom. The number of hydrogen-bond acceptors (Lipinski definition) is 4. The Hall–Kier alpha value is -3.13. The fraction of sp³-hybridized carbons (Fsp3) is 0.150. The molecule has 0 bridgehead atoms. The number of halogens is 1. The number of rotatable bonds is 5. The van der Waals surface area contributed by atoms with E-state index in [2.05, 4.69) is 41.8 Å². The summed E-state index contributed by atoms with van der Waals surface area (Å²) in [4.78, 5) is 4.25. The molecule has 0 aliphatic heterocycles. The number of nitrogens with zero attached hydrogens (tertiary/aromatic N) is 4. The van der Waals surface area contributed by atoms with Crippen LogP contribution in [0.4, 0.5) is 0 Å². The van der Waals surface area contributed by atoms with E-state index in [9.17, 15) is 0 Å². The molecule has 0 saturated heterocycles. The summed E-state index contributed by atoms with van der Waals surface area (Å²) in [6.07, 6.45) is 1.94. The van der Waals surface area contributed by atoms with Gasteiger partial charge in [0.15, 0.2) is 17.4 Å². The minimum absolute atomic E-state index is 0.507. The molecule has 0 amide bonds. The van der Waals surface area contributed by atoms with Crippen molar-refractivity contribution in [3.05, 3.63) is 76.9 Å². The molecule has 4 aromatic rings. The molecule has 8 heteroatoms. The van der Waals surface area contributed by atoms with Crippen LogP contribution in [0, 0.1) is 0 Å². The fourth-order valence-corrected chi connectivity index (χ4v) is 3.07. The maximum atomic E-state index is 5.93. The van der Waals surface area contributed by atoms with Crippen molar-refractivity contribution < 1.29 is 4.42 Å². The topological polar surface area (TPSA) is 79.8 Å². The lowest BCUT2D eigenvalue weighted by molar-refractivity contribution is 0.513. The second-order valence-corrected chi connectivity index (χ2v) is 7.01. The van der Waals surface area contributed by atoms with Crippen LogP contribution in [0.1, 0.15) is 11.6 Å². The van der Waals surface area contributed by atoms with Crippen LogP contribution in [0.5, 0.6) is 0 Å². The van der Waals surface area contributed by atoms with Gasteiger partial charge in [-0.1, -0.05) is 34.1 Å². The van der Waals surface area contributed by atoms with Crippen LogP contribution in [-0.4, -0.2) is 27.6 Å². The SMILES string of the molecule is CN=C(NCc1ccc(-c2ccc(Br)cc2)o1)NCc1nnc2ccccn12. The summed E-state index contributed by atoms with van der Waals surface area (Å²) in [6.45, 7) is 1.03. The van der Waals surface area contributed by atoms with Gasteiger partial charge in [-0.3, -0.25) is 9.39 Å². The third-order valence-electron chi connectivity index (χ3n) is 4.24. The minimum Gasteiger partial charge on any atom is -0.459 e. The summed E-state index contributed by atoms with van der Waals surface area (Å²) in [6, 6.07) is 17.8. The van der Waals surface area contributed by atoms with Gasteiger partial charge in [0.05, 0.1) is 13.1 Å². The molecule has 0 atom stereocenters. The highest BCUT2D eigenvalue weighted by atomic mass is 79.9. The molecule has 0 aliphatic rings. The van der Waals surface area contributed by atoms with Crippen LogP contribution in [0.3, 0.4) is 0 Å². The van der Waals surface area contributed by atoms with Crippen LogP contribution in [0.25, 0.3) is 17.0 Å². The first kappa shape index (κ1) is 18.2. The van der Waals surface area contributed by atoms with Crippen molar-refractivity contribution in [1.29, 1.82) is 0 Å². The zero-order valence-corrected chi connectivity index (χ0v) is 16.8. The van der Waals surface area contributed by atoms with Gasteiger partial charge in [0.25, 0.3) is 0 Å². The smallest absolute Gasteiger partial charge is 0.191 e. The van der Waals surface area contributed by atoms with Crippen LogP contribution >= 0.6 is 15.9 Å². The lowest BCUT2D eigenvalue weighted by Gasteiger charge is -2.10. The molecule has 28 heavy (non-hydrogen) atoms. The van der Waals surface area contributed by atoms with Crippen molar-refractivity contribution in [1.82, 2.24) is 25.2 Å². The molecule has 3 heterocycles. The fourth-order valence-electron chi connectivity index (χ4n) is 2.81. The van der Waals surface area contributed by atoms with Crippen molar-refractivity contribution in [2.45, 2.75) is 13.1 Å². The Morgan fingerprint density at radius 1 is 1.04 bits per heavy atom. The monoisotopic (exact) mass is 438 g/mol. The van der Waals surface area contributed by atoms with Gasteiger partial charge in [0, 0.05) is 23.3 Å². The molecule has 142 valence electrons. The Kier molecular flexibility index (Phi) is 5.38. The number of guanidine groups is 1. The highest BCUT2D eigenvalue weighted by Crippen LogP contribution is 2.23. The molecule has 0 unspecified atom stereocenters. The Labute approximate surface area is 170 Å². The summed E-state index contributed by atoms with van der Waals surface area (Å²) in [5, 5.41) is 14.9. The van der Waals surface area contributed by atoms with E-state index in [1.165, 1.54) is 0 Å². The normalized spacial score (nSPS) is 11.7. The van der Waals surface area contributed by atoms with Gasteiger partial charge in [0.1, 0.15) is 11.5 Å². The number of furan rings is 1. The van der Waals surface area contributed by atoms with E-state index in [0.29, 0.717) is 19.0 Å². The molecule has 3 aromatic heterocycles. The number of aromatic nitrogens is 3. The standard InChI is InChI=1S/C20H19BrN6O/c1-22-20(24-13-19-26-25-18-4-2-3-11-27(18)19)23-12-16-9-10-17(28-16)14-5-7-15(21)8-6-14/h2-11H,12-13H2,1H3,(H2,22,23,24). The third kappa shape index (κ3) is 4.07. The molecule has 1 aromatic carbocycles. The van der Waals surface area contributed by atoms with E-state index in [0.717, 1.165) is 33.0 Å². The maximum Gasteiger partial charge on any atom is 0.191 e. The molecule has 4 rings (SSSR count). The van der Waals surface area contributed by atoms with Crippen molar-refractivity contribution in [3.8, 4) is 11.3 Å². The maximum absolute atomic E-state index is 5.93. The summed E-state index contributed by atoms with van der Waals surface area (Å²) >= 11 is 3.44. The first-order chi connectivity index (χ1) is 13.7. The van der Waals surface area contributed by atoms with Crippen molar-refractivity contribution in [2.24, 2.45) is 4.99 Å². The zero-order chi connectivity index (χ0) is 19.3. The van der Waals surface area contributed by atoms with Crippen LogP contribution in [0.15, 0.2) is 74.7 Å². The highest BCUT2D eigenvalue weighted by Gasteiger charge is 2.08. The molecule has 2 N–H and O–H groups in total. The first-order valence-corrected chi connectivity index (χ1v) is 9.60. The largest absolute Gasteiger partial charge is 0.459 e. The summed E-state index contributed by atoms with van der Waals surface area (Å²) in [5.74, 6) is 3.14. The Morgan fingerprint density at radius 2 is 1.86 bits per heavy atom. The predicted octanol–water partition coefficient (Wildman–Crippen LogP) is 3.62. The second kappa shape index (κ2) is 8.26. The molecule has 0 saturated carbocycles.